The fourth-order valence-corrected chi connectivity index (χ4v) is 15.4. The molecule has 14 aromatic carbocycles. The molecule has 2 aliphatic heterocycles. The van der Waals surface area contributed by atoms with Gasteiger partial charge in [0.05, 0.1) is 11.2 Å². The number of hydrogen-bond acceptors (Lipinski definition) is 3. The zero-order valence-corrected chi connectivity index (χ0v) is 51.7. The molecule has 19 rings (SSSR count). The van der Waals surface area contributed by atoms with Gasteiger partial charge in [0.1, 0.15) is 22.3 Å². The van der Waals surface area contributed by atoms with Crippen molar-refractivity contribution < 1.29 is 8.83 Å². The van der Waals surface area contributed by atoms with Crippen molar-refractivity contribution in [3.63, 3.8) is 0 Å². The zero-order chi connectivity index (χ0) is 61.6. The second-order valence-electron chi connectivity index (χ2n) is 26.3. The number of hydrogen-bond donors (Lipinski definition) is 0. The summed E-state index contributed by atoms with van der Waals surface area (Å²) in [5.41, 5.74) is 31.0. The summed E-state index contributed by atoms with van der Waals surface area (Å²) in [6, 6.07) is 113. The Morgan fingerprint density at radius 1 is 0.290 bits per heavy atom. The molecule has 2 aliphatic rings. The molecule has 4 nitrogen and oxygen atoms in total. The van der Waals surface area contributed by atoms with Crippen LogP contribution in [0.25, 0.3) is 149 Å². The Hall–Kier alpha value is -11.7. The average molecular weight is 1190 g/mol. The van der Waals surface area contributed by atoms with Crippen molar-refractivity contribution in [1.29, 1.82) is 0 Å². The van der Waals surface area contributed by atoms with Crippen molar-refractivity contribution >= 4 is 106 Å². The van der Waals surface area contributed by atoms with Gasteiger partial charge >= 0.3 is 0 Å². The van der Waals surface area contributed by atoms with E-state index in [-0.39, 0.29) is 12.1 Å². The van der Waals surface area contributed by atoms with Crippen LogP contribution < -0.4 is 21.3 Å². The highest BCUT2D eigenvalue weighted by molar-refractivity contribution is 7.00. The molecule has 0 saturated heterocycles. The van der Waals surface area contributed by atoms with E-state index in [4.69, 9.17) is 8.83 Å². The maximum absolute atomic E-state index is 7.19. The minimum Gasteiger partial charge on any atom is -0.456 e. The molecule has 0 aliphatic carbocycles. The van der Waals surface area contributed by atoms with E-state index in [2.05, 4.69) is 334 Å². The van der Waals surface area contributed by atoms with E-state index < -0.39 is 0 Å². The first-order valence-corrected chi connectivity index (χ1v) is 32.3. The summed E-state index contributed by atoms with van der Waals surface area (Å²) in [7, 11) is 0. The average Bonchev–Trinajstić information content (AvgIpc) is 1.65. The van der Waals surface area contributed by atoms with Crippen molar-refractivity contribution in [2.75, 3.05) is 4.90 Å². The van der Waals surface area contributed by atoms with Crippen LogP contribution in [0.15, 0.2) is 312 Å². The molecule has 93 heavy (non-hydrogen) atoms. The third-order valence-corrected chi connectivity index (χ3v) is 19.9. The molecule has 0 saturated carbocycles. The molecule has 3 aromatic heterocycles. The minimum absolute atomic E-state index is 0.0941. The summed E-state index contributed by atoms with van der Waals surface area (Å²) in [6.45, 7) is 6.65. The Labute approximate surface area is 539 Å². The Morgan fingerprint density at radius 2 is 0.785 bits per heavy atom. The Kier molecular flexibility index (Phi) is 11.7. The maximum Gasteiger partial charge on any atom is 0.252 e. The molecule has 0 unspecified atom stereocenters. The second-order valence-corrected chi connectivity index (χ2v) is 26.3. The van der Waals surface area contributed by atoms with Crippen LogP contribution in [-0.4, -0.2) is 11.3 Å². The number of rotatable bonds is 8. The lowest BCUT2D eigenvalue weighted by molar-refractivity contribution is 0.590. The number of para-hydroxylation sites is 2. The molecule has 436 valence electrons. The predicted octanol–water partition coefficient (Wildman–Crippen LogP) is 22.2. The number of fused-ring (bicyclic) bond motifs is 13. The Bertz CT molecular complexity index is 5810. The highest BCUT2D eigenvalue weighted by atomic mass is 16.3. The van der Waals surface area contributed by atoms with Gasteiger partial charge < -0.3 is 18.3 Å². The van der Waals surface area contributed by atoms with Crippen LogP contribution in [0, 0.1) is 0 Å². The van der Waals surface area contributed by atoms with Gasteiger partial charge in [-0.15, -0.1) is 0 Å². The molecule has 5 heterocycles. The smallest absolute Gasteiger partial charge is 0.252 e. The first kappa shape index (κ1) is 53.2. The fourth-order valence-electron chi connectivity index (χ4n) is 15.4. The second kappa shape index (κ2) is 20.4. The summed E-state index contributed by atoms with van der Waals surface area (Å²) in [6.07, 6.45) is 0. The molecule has 0 radical (unpaired) electrons. The van der Waals surface area contributed by atoms with Crippen molar-refractivity contribution in [2.24, 2.45) is 0 Å². The molecular weight excluding hydrogens is 1130 g/mol. The SMILES string of the molecule is CC(C)(C)c1ccc2oc3cc4c(cc3c2c1)N(c1c(-c2cccc(-c3ccccc3)c2)cccc1-c1cccc(-c2ccccc2)c1)c1cc(-c2ccc3c(c2)oc2ccccc23)cc2c1B4c1cc(-c3ccccc3)cc3c4cc(-c5ccccc5)ccc4n-2c13. The first-order chi connectivity index (χ1) is 45.7. The van der Waals surface area contributed by atoms with Crippen LogP contribution in [0.1, 0.15) is 26.3 Å². The standard InChI is InChI=1S/C88H59BN2O2/c1-88(2,3)66-39-42-82-72(51-66)73-52-78-75(53-84(73)93-82)89-76-47-64(57-27-14-7-15-28-57)46-74-71-45-60(56-25-12-6-13-26-56)38-41-77(71)90(87(74)76)79-48-65(61-37-40-70-69-33-16-17-36-81(69)92-83(70)50-61)49-80(85(79)89)91(78)86-67(62-31-18-29-58(43-62)54-21-8-4-9-22-54)34-20-35-68(86)63-32-19-30-59(44-63)55-23-10-5-11-24-55/h4-53H,1-3H3. The molecule has 0 atom stereocenters. The third-order valence-electron chi connectivity index (χ3n) is 19.9. The molecule has 0 N–H and O–H groups in total. The van der Waals surface area contributed by atoms with E-state index in [1.54, 1.807) is 0 Å². The maximum atomic E-state index is 7.19. The Balaban J connectivity index is 0.987. The molecular formula is C88H59BN2O2. The lowest BCUT2D eigenvalue weighted by Crippen LogP contribution is -2.60. The fraction of sp³-hybridized carbons (Fsp3) is 0.0455. The quantitative estimate of drug-likeness (QED) is 0.142. The highest BCUT2D eigenvalue weighted by Gasteiger charge is 2.44. The van der Waals surface area contributed by atoms with Crippen molar-refractivity contribution in [1.82, 2.24) is 4.57 Å². The monoisotopic (exact) mass is 1190 g/mol. The Morgan fingerprint density at radius 3 is 1.44 bits per heavy atom. The normalized spacial score (nSPS) is 12.6. The molecule has 17 aromatic rings. The molecule has 0 fully saturated rings. The van der Waals surface area contributed by atoms with Gasteiger partial charge in [0.2, 0.25) is 0 Å². The van der Waals surface area contributed by atoms with E-state index >= 15 is 0 Å². The summed E-state index contributed by atoms with van der Waals surface area (Å²) in [5.74, 6) is 0. The summed E-state index contributed by atoms with van der Waals surface area (Å²) in [5, 5.41) is 6.80. The first-order valence-electron chi connectivity index (χ1n) is 32.3. The molecule has 0 spiro atoms. The topological polar surface area (TPSA) is 34.5 Å². The van der Waals surface area contributed by atoms with Crippen molar-refractivity contribution in [2.45, 2.75) is 26.2 Å². The van der Waals surface area contributed by atoms with Crippen molar-refractivity contribution in [3.05, 3.63) is 309 Å². The van der Waals surface area contributed by atoms with E-state index in [0.29, 0.717) is 0 Å². The lowest BCUT2D eigenvalue weighted by atomic mass is 9.33. The molecule has 5 heteroatoms. The van der Waals surface area contributed by atoms with Gasteiger partial charge in [-0.25, -0.2) is 0 Å². The van der Waals surface area contributed by atoms with Crippen LogP contribution in [0.4, 0.5) is 17.1 Å². The van der Waals surface area contributed by atoms with Gasteiger partial charge in [0.25, 0.3) is 6.71 Å². The molecule has 0 bridgehead atoms. The number of aromatic nitrogens is 1. The number of anilines is 3. The van der Waals surface area contributed by atoms with Crippen LogP contribution in [-0.2, 0) is 5.41 Å². The van der Waals surface area contributed by atoms with Gasteiger partial charge in [0.15, 0.2) is 0 Å². The third kappa shape index (κ3) is 8.40. The highest BCUT2D eigenvalue weighted by Crippen LogP contribution is 2.52. The minimum atomic E-state index is -0.245. The van der Waals surface area contributed by atoms with E-state index in [1.807, 2.05) is 0 Å². The predicted molar refractivity (Wildman–Crippen MR) is 391 cm³/mol. The van der Waals surface area contributed by atoms with Crippen LogP contribution >= 0.6 is 0 Å². The summed E-state index contributed by atoms with van der Waals surface area (Å²) in [4.78, 5) is 2.66. The number of nitrogens with zero attached hydrogens (tertiary/aromatic N) is 2. The van der Waals surface area contributed by atoms with Crippen molar-refractivity contribution in [3.8, 4) is 83.6 Å². The summed E-state index contributed by atoms with van der Waals surface area (Å²) >= 11 is 0. The van der Waals surface area contributed by atoms with Gasteiger partial charge in [0, 0.05) is 66.0 Å². The van der Waals surface area contributed by atoms with Gasteiger partial charge in [-0.05, 0) is 179 Å². The molecule has 0 amide bonds. The van der Waals surface area contributed by atoms with Crippen LogP contribution in [0.3, 0.4) is 0 Å². The van der Waals surface area contributed by atoms with E-state index in [1.165, 1.54) is 71.6 Å². The van der Waals surface area contributed by atoms with Gasteiger partial charge in [-0.3, -0.25) is 0 Å². The number of furan rings is 2. The number of benzene rings is 14. The van der Waals surface area contributed by atoms with Gasteiger partial charge in [-0.2, -0.15) is 0 Å². The zero-order valence-electron chi connectivity index (χ0n) is 51.7. The summed E-state index contributed by atoms with van der Waals surface area (Å²) < 4.78 is 16.6. The van der Waals surface area contributed by atoms with E-state index in [9.17, 15) is 0 Å². The lowest BCUT2D eigenvalue weighted by Gasteiger charge is -2.42. The van der Waals surface area contributed by atoms with Crippen LogP contribution in [0.2, 0.25) is 0 Å². The largest absolute Gasteiger partial charge is 0.456 e. The van der Waals surface area contributed by atoms with E-state index in [0.717, 1.165) is 117 Å². The van der Waals surface area contributed by atoms with Crippen LogP contribution in [0.5, 0.6) is 0 Å². The van der Waals surface area contributed by atoms with Gasteiger partial charge in [-0.1, -0.05) is 239 Å².